The molecule has 0 aromatic rings. The van der Waals surface area contributed by atoms with Crippen molar-refractivity contribution in [3.8, 4) is 0 Å². The maximum absolute atomic E-state index is 13.1. The molecule has 0 aromatic carbocycles. The Morgan fingerprint density at radius 2 is 0.615 bits per heavy atom. The first-order valence-corrected chi connectivity index (χ1v) is 42.7. The predicted octanol–water partition coefficient (Wildman–Crippen LogP) is -22.7. The summed E-state index contributed by atoms with van der Waals surface area (Å²) in [6.45, 7) is -6.06. The average molecular weight is 1970 g/mol. The van der Waals surface area contributed by atoms with Crippen LogP contribution in [0.2, 0.25) is 0 Å². The quantitative estimate of drug-likeness (QED) is 0.0275. The molecule has 0 unspecified atom stereocenters. The Bertz CT molecular complexity index is 3820. The van der Waals surface area contributed by atoms with Crippen LogP contribution in [0.3, 0.4) is 0 Å². The molecule has 135 heavy (non-hydrogen) atoms. The van der Waals surface area contributed by atoms with Gasteiger partial charge in [0.2, 0.25) is 35.4 Å². The lowest BCUT2D eigenvalue weighted by atomic mass is 9.88. The van der Waals surface area contributed by atoms with Gasteiger partial charge >= 0.3 is 5.97 Å². The molecular weight excluding hydrogens is 1850 g/mol. The highest BCUT2D eigenvalue weighted by atomic mass is 16.8. The summed E-state index contributed by atoms with van der Waals surface area (Å²) in [4.78, 5) is 89.1. The molecule has 51 atom stereocenters. The normalized spacial score (nSPS) is 46.4. The number of carbonyl (C=O) groups excluding carboxylic acids is 6. The third kappa shape index (κ3) is 25.4. The molecule has 10 rings (SSSR count). The summed E-state index contributed by atoms with van der Waals surface area (Å²) >= 11 is 0. The maximum atomic E-state index is 13.1. The van der Waals surface area contributed by atoms with Crippen LogP contribution < -0.4 is 31.9 Å². The molecule has 10 fully saturated rings. The molecule has 10 aliphatic rings. The molecule has 60 heteroatoms. The van der Waals surface area contributed by atoms with E-state index >= 15 is 0 Å². The highest BCUT2D eigenvalue weighted by molar-refractivity contribution is 5.77. The minimum atomic E-state index is -3.09. The van der Waals surface area contributed by atoms with Crippen molar-refractivity contribution >= 4 is 41.4 Å². The zero-order valence-corrected chi connectivity index (χ0v) is 72.8. The van der Waals surface area contributed by atoms with Crippen molar-refractivity contribution in [2.45, 2.75) is 360 Å². The van der Waals surface area contributed by atoms with Gasteiger partial charge in [-0.05, 0) is 0 Å². The number of rotatable bonds is 37. The first kappa shape index (κ1) is 111. The van der Waals surface area contributed by atoms with Gasteiger partial charge in [0, 0.05) is 48.0 Å². The van der Waals surface area contributed by atoms with E-state index in [9.17, 15) is 177 Å². The van der Waals surface area contributed by atoms with E-state index in [1.165, 1.54) is 0 Å². The zero-order valence-electron chi connectivity index (χ0n) is 72.8. The number of amides is 6. The molecule has 0 spiro atoms. The summed E-state index contributed by atoms with van der Waals surface area (Å²) in [5.41, 5.74) is 0. The van der Waals surface area contributed by atoms with Crippen LogP contribution >= 0.6 is 0 Å². The van der Waals surface area contributed by atoms with Gasteiger partial charge in [-0.3, -0.25) is 28.8 Å². The van der Waals surface area contributed by atoms with Crippen molar-refractivity contribution in [3.63, 3.8) is 0 Å². The number of hydrogen-bond acceptors (Lipinski definition) is 53. The van der Waals surface area contributed by atoms with Crippen LogP contribution in [0.25, 0.3) is 0 Å². The van der Waals surface area contributed by atoms with Crippen LogP contribution in [0.15, 0.2) is 0 Å². The van der Waals surface area contributed by atoms with Crippen molar-refractivity contribution in [3.05, 3.63) is 0 Å². The van der Waals surface area contributed by atoms with Gasteiger partial charge in [-0.1, -0.05) is 0 Å². The molecule has 0 aromatic heterocycles. The summed E-state index contributed by atoms with van der Waals surface area (Å²) in [7, 11) is 0. The van der Waals surface area contributed by atoms with Crippen molar-refractivity contribution in [1.29, 1.82) is 0 Å². The van der Waals surface area contributed by atoms with Crippen molar-refractivity contribution < 1.29 is 267 Å². The van der Waals surface area contributed by atoms with Crippen molar-refractivity contribution in [2.24, 2.45) is 0 Å². The van der Waals surface area contributed by atoms with E-state index in [0.717, 1.165) is 41.5 Å². The Labute approximate surface area is 764 Å². The average Bonchev–Trinajstić information content (AvgIpc) is 0.767. The standard InChI is InChI=1S/C75H124N6O54/c1-18(89)76-35-24(95)7-75(74(115)116,135-61(35)41(97)25(96)8-82)119-17-34-45(101)53(109)56(112)70(127-34)130-59-30(13-87)124-66(39(51(59)107)80-22(5)93)117-15-32-46(102)55(111)63(133-67-37(78-20(3)91)48(104)42(98)26(9-83)121-67)72(128-32)118-16-33-47(103)62(132-73-64(54(110)44(100)28(11-85)123-73)134-68-38(79-21(4)92)49(105)43(99)27(10-84)122-68)57(113)71(126-33)131-60-31(14-88)125-69(40(52(60)108)81-23(6)94)129-58-29(12-86)120-65(114)36(50(58)106)77-19(2)90/h24-73,82-88,95-114H,7-17H2,1-6H3,(H,76,89)(H,77,90)(H,78,91)(H,79,92)(H,80,93)(H,81,94)(H,115,116)/t24-,25+,26+,27+,28+,29+,30+,31+,32+,33+,34+,35+,36+,37+,38-,39+,40+,41+,42+,43+,44+,45-,46+,47+,48+,49+,50+,51+,52+,53-,54-,55-,56+,57-,58+,59+,60+,61+,62-,63-,64-,65+,66+,67-,68-,69-,70-,71-,72-,73+,75+/m0/s1. The zero-order chi connectivity index (χ0) is 99.9. The number of aliphatic hydroxyl groups excluding tert-OH is 27. The molecule has 60 nitrogen and oxygen atoms in total. The lowest BCUT2D eigenvalue weighted by Gasteiger charge is -2.51. The molecule has 10 heterocycles. The van der Waals surface area contributed by atoms with Crippen LogP contribution in [0, 0.1) is 0 Å². The number of nitrogens with one attached hydrogen (secondary N) is 6. The summed E-state index contributed by atoms with van der Waals surface area (Å²) in [6.07, 6.45) is -96.9. The largest absolute Gasteiger partial charge is 0.477 e. The van der Waals surface area contributed by atoms with Crippen LogP contribution in [0.4, 0.5) is 0 Å². The minimum absolute atomic E-state index is 0.814. The monoisotopic (exact) mass is 1970 g/mol. The van der Waals surface area contributed by atoms with E-state index in [2.05, 4.69) is 31.9 Å². The molecule has 10 aliphatic heterocycles. The number of aliphatic carboxylic acids is 1. The van der Waals surface area contributed by atoms with Crippen LogP contribution in [0.1, 0.15) is 48.0 Å². The number of ether oxygens (including phenoxy) is 19. The number of carboxylic acids is 1. The number of carboxylic acid groups (broad SMARTS) is 1. The number of aliphatic hydroxyl groups is 27. The Balaban J connectivity index is 0.970. The van der Waals surface area contributed by atoms with E-state index in [1.54, 1.807) is 0 Å². The SMILES string of the molecule is CC(=O)N[C@@H]1[C@H](O[C@@H]2[C@@H](O[C@@H]3[C@H](O)[C@H](O[C@H]4[C@H](O)[C@@H](NC(C)=O)[C@H](O[C@H]5[C@H](O)[C@@H](NC(C)=O)[C@H](O)O[C@@H]5CO)O[C@@H]4CO)O[C@H](CO[C@H]4O[C@H](CO[C@@H]5O[C@H](CO)[C@@H](O[C@@H]6O[C@H](CO[C@]7(C(=O)O)C[C@H](O)[C@@H](NC(C)=O)[C@H]([C@H](O)[C@H](O)CO)O7)[C@H](O)[C@H](O)[C@H]6O)[C@H](O)[C@H]5NC(C)=O)[C@@H](O)[C@H](O)[C@@H]4O[C@@H]4O[C@H](CO)[C@@H](O)[C@H](O)[C@H]4NC(C)=O)[C@H]3O)O[C@H](CO)[C@@H](O)[C@@H]2O)O[C@H](CO)[C@@H](O)[C@@H]1O. The second-order valence-electron chi connectivity index (χ2n) is 33.9. The Morgan fingerprint density at radius 3 is 1.06 bits per heavy atom. The second-order valence-corrected chi connectivity index (χ2v) is 33.9. The lowest BCUT2D eigenvalue weighted by molar-refractivity contribution is -0.396. The summed E-state index contributed by atoms with van der Waals surface area (Å²) in [6, 6.07) is -11.1. The Morgan fingerprint density at radius 1 is 0.304 bits per heavy atom. The molecule has 6 amide bonds. The van der Waals surface area contributed by atoms with E-state index in [4.69, 9.17) is 90.0 Å². The maximum Gasteiger partial charge on any atom is 0.364 e. The third-order valence-electron chi connectivity index (χ3n) is 24.2. The highest BCUT2D eigenvalue weighted by Crippen LogP contribution is 2.42. The molecule has 0 radical (unpaired) electrons. The van der Waals surface area contributed by atoms with Gasteiger partial charge in [0.05, 0.1) is 78.2 Å². The molecule has 0 saturated carbocycles. The lowest BCUT2D eigenvalue weighted by Crippen LogP contribution is -2.70. The fourth-order valence-electron chi connectivity index (χ4n) is 17.2. The van der Waals surface area contributed by atoms with Gasteiger partial charge in [-0.15, -0.1) is 0 Å². The van der Waals surface area contributed by atoms with Gasteiger partial charge < -0.3 is 265 Å². The Kier molecular flexibility index (Phi) is 40.0. The van der Waals surface area contributed by atoms with Gasteiger partial charge in [0.25, 0.3) is 5.79 Å². The van der Waals surface area contributed by atoms with E-state index in [1.807, 2.05) is 0 Å². The predicted molar refractivity (Wildman–Crippen MR) is 416 cm³/mol. The Hall–Kier alpha value is -5.55. The van der Waals surface area contributed by atoms with E-state index in [0.29, 0.717) is 0 Å². The fraction of sp³-hybridized carbons (Fsp3) is 0.907. The minimum Gasteiger partial charge on any atom is -0.477 e. The first-order valence-electron chi connectivity index (χ1n) is 42.7. The molecule has 0 bridgehead atoms. The molecular formula is C75H124N6O54. The number of hydrogen-bond donors (Lipinski definition) is 34. The van der Waals surface area contributed by atoms with Crippen LogP contribution in [-0.2, 0) is 124 Å². The van der Waals surface area contributed by atoms with Gasteiger partial charge in [-0.2, -0.15) is 0 Å². The van der Waals surface area contributed by atoms with Crippen LogP contribution in [-0.4, -0.2) is 563 Å². The highest BCUT2D eigenvalue weighted by Gasteiger charge is 2.63. The number of carbonyl (C=O) groups is 7. The van der Waals surface area contributed by atoms with Crippen molar-refractivity contribution in [2.75, 3.05) is 66.1 Å². The summed E-state index contributed by atoms with van der Waals surface area (Å²) in [5, 5.41) is 329. The van der Waals surface area contributed by atoms with Gasteiger partial charge in [0.1, 0.15) is 238 Å². The van der Waals surface area contributed by atoms with Crippen LogP contribution in [0.5, 0.6) is 0 Å². The summed E-state index contributed by atoms with van der Waals surface area (Å²) < 4.78 is 113. The molecule has 10 saturated heterocycles. The third-order valence-corrected chi connectivity index (χ3v) is 24.2. The first-order chi connectivity index (χ1) is 63.6. The summed E-state index contributed by atoms with van der Waals surface area (Å²) in [5.74, 6) is -10.6. The molecule has 34 N–H and O–H groups in total. The van der Waals surface area contributed by atoms with E-state index in [-0.39, 0.29) is 0 Å². The van der Waals surface area contributed by atoms with Crippen molar-refractivity contribution in [1.82, 2.24) is 31.9 Å². The molecule has 0 aliphatic carbocycles. The second kappa shape index (κ2) is 48.5. The van der Waals surface area contributed by atoms with E-state index < -0.39 is 426 Å². The topological polar surface area (TPSA) is 933 Å². The van der Waals surface area contributed by atoms with Gasteiger partial charge in [-0.25, -0.2) is 4.79 Å². The smallest absolute Gasteiger partial charge is 0.364 e. The fourth-order valence-corrected chi connectivity index (χ4v) is 17.2. The molecule has 778 valence electrons. The van der Waals surface area contributed by atoms with Gasteiger partial charge in [0.15, 0.2) is 56.6 Å².